The van der Waals surface area contributed by atoms with Gasteiger partial charge in [-0.2, -0.15) is 0 Å². The van der Waals surface area contributed by atoms with Crippen molar-refractivity contribution in [2.24, 2.45) is 0 Å². The molecule has 1 aliphatic rings. The number of para-hydroxylation sites is 1. The van der Waals surface area contributed by atoms with Gasteiger partial charge in [-0.05, 0) is 32.9 Å². The van der Waals surface area contributed by atoms with Crippen molar-refractivity contribution in [1.82, 2.24) is 10.2 Å². The summed E-state index contributed by atoms with van der Waals surface area (Å²) in [6, 6.07) is 8.82. The van der Waals surface area contributed by atoms with Gasteiger partial charge in [-0.3, -0.25) is 9.69 Å². The third kappa shape index (κ3) is 5.16. The molecule has 0 radical (unpaired) electrons. The van der Waals surface area contributed by atoms with E-state index >= 15 is 0 Å². The fourth-order valence-electron chi connectivity index (χ4n) is 2.35. The standard InChI is InChI=1S/C17H24N2O4/c1-17(2,3)23-16(21)19-11-10-18-15(20)14(19)9-12-22-13-7-5-4-6-8-13/h4-8,14H,9-12H2,1-3H3,(H,18,20). The highest BCUT2D eigenvalue weighted by molar-refractivity contribution is 5.86. The molecule has 1 heterocycles. The molecule has 2 rings (SSSR count). The highest BCUT2D eigenvalue weighted by Gasteiger charge is 2.35. The molecule has 0 aromatic heterocycles. The first-order chi connectivity index (χ1) is 10.9. The average molecular weight is 320 g/mol. The Morgan fingerprint density at radius 1 is 1.30 bits per heavy atom. The molecule has 0 saturated carbocycles. The Morgan fingerprint density at radius 2 is 2.00 bits per heavy atom. The van der Waals surface area contributed by atoms with Crippen molar-refractivity contribution < 1.29 is 19.1 Å². The van der Waals surface area contributed by atoms with Gasteiger partial charge in [0, 0.05) is 19.5 Å². The molecule has 1 aromatic rings. The van der Waals surface area contributed by atoms with Gasteiger partial charge in [-0.15, -0.1) is 0 Å². The summed E-state index contributed by atoms with van der Waals surface area (Å²) >= 11 is 0. The molecule has 6 heteroatoms. The van der Waals surface area contributed by atoms with Crippen LogP contribution in [0, 0.1) is 0 Å². The summed E-state index contributed by atoms with van der Waals surface area (Å²) in [5, 5.41) is 2.78. The summed E-state index contributed by atoms with van der Waals surface area (Å²) in [4.78, 5) is 25.9. The Hall–Kier alpha value is -2.24. The van der Waals surface area contributed by atoms with Crippen LogP contribution in [0.25, 0.3) is 0 Å². The molecule has 1 saturated heterocycles. The zero-order valence-electron chi connectivity index (χ0n) is 13.9. The van der Waals surface area contributed by atoms with E-state index in [1.54, 1.807) is 0 Å². The molecule has 1 unspecified atom stereocenters. The summed E-state index contributed by atoms with van der Waals surface area (Å²) in [6.07, 6.45) is -0.0444. The van der Waals surface area contributed by atoms with Crippen LogP contribution in [0.4, 0.5) is 4.79 Å². The van der Waals surface area contributed by atoms with Crippen LogP contribution in [0.2, 0.25) is 0 Å². The van der Waals surface area contributed by atoms with Gasteiger partial charge in [0.05, 0.1) is 6.61 Å². The lowest BCUT2D eigenvalue weighted by Gasteiger charge is -2.36. The minimum atomic E-state index is -0.587. The largest absolute Gasteiger partial charge is 0.494 e. The Labute approximate surface area is 136 Å². The highest BCUT2D eigenvalue weighted by Crippen LogP contribution is 2.16. The van der Waals surface area contributed by atoms with E-state index in [9.17, 15) is 9.59 Å². The van der Waals surface area contributed by atoms with E-state index in [0.717, 1.165) is 5.75 Å². The number of nitrogens with zero attached hydrogens (tertiary/aromatic N) is 1. The van der Waals surface area contributed by atoms with Crippen molar-refractivity contribution in [2.45, 2.75) is 38.8 Å². The Kier molecular flexibility index (Phi) is 5.47. The first-order valence-corrected chi connectivity index (χ1v) is 7.82. The molecule has 0 aliphatic carbocycles. The Bertz CT molecular complexity index is 539. The monoisotopic (exact) mass is 320 g/mol. The van der Waals surface area contributed by atoms with E-state index in [2.05, 4.69) is 5.32 Å². The molecule has 0 bridgehead atoms. The number of carbonyl (C=O) groups is 2. The number of rotatable bonds is 4. The van der Waals surface area contributed by atoms with Crippen molar-refractivity contribution >= 4 is 12.0 Å². The summed E-state index contributed by atoms with van der Waals surface area (Å²) in [7, 11) is 0. The van der Waals surface area contributed by atoms with E-state index in [1.807, 2.05) is 51.1 Å². The third-order valence-electron chi connectivity index (χ3n) is 3.36. The van der Waals surface area contributed by atoms with Crippen LogP contribution in [-0.2, 0) is 9.53 Å². The van der Waals surface area contributed by atoms with Crippen LogP contribution in [-0.4, -0.2) is 48.2 Å². The highest BCUT2D eigenvalue weighted by atomic mass is 16.6. The number of nitrogens with one attached hydrogen (secondary N) is 1. The molecule has 2 amide bonds. The molecule has 23 heavy (non-hydrogen) atoms. The topological polar surface area (TPSA) is 67.9 Å². The minimum absolute atomic E-state index is 0.168. The smallest absolute Gasteiger partial charge is 0.411 e. The van der Waals surface area contributed by atoms with Crippen molar-refractivity contribution in [1.29, 1.82) is 0 Å². The third-order valence-corrected chi connectivity index (χ3v) is 3.36. The molecule has 126 valence electrons. The first kappa shape index (κ1) is 17.1. The van der Waals surface area contributed by atoms with Gasteiger partial charge in [0.25, 0.3) is 0 Å². The zero-order valence-corrected chi connectivity index (χ0v) is 13.9. The van der Waals surface area contributed by atoms with E-state index in [0.29, 0.717) is 26.1 Å². The predicted molar refractivity (Wildman–Crippen MR) is 86.3 cm³/mol. The molecule has 1 aromatic carbocycles. The number of piperazine rings is 1. The van der Waals surface area contributed by atoms with Gasteiger partial charge in [0.15, 0.2) is 0 Å². The SMILES string of the molecule is CC(C)(C)OC(=O)N1CCNC(=O)C1CCOc1ccccc1. The van der Waals surface area contributed by atoms with Crippen LogP contribution in [0.1, 0.15) is 27.2 Å². The lowest BCUT2D eigenvalue weighted by atomic mass is 10.1. The second kappa shape index (κ2) is 7.35. The predicted octanol–water partition coefficient (Wildman–Crippen LogP) is 2.19. The lowest BCUT2D eigenvalue weighted by Crippen LogP contribution is -2.58. The molecule has 0 spiro atoms. The number of ether oxygens (including phenoxy) is 2. The van der Waals surface area contributed by atoms with Crippen molar-refractivity contribution in [2.75, 3.05) is 19.7 Å². The summed E-state index contributed by atoms with van der Waals surface area (Å²) in [5.74, 6) is 0.575. The van der Waals surface area contributed by atoms with Crippen LogP contribution in [0.15, 0.2) is 30.3 Å². The maximum absolute atomic E-state index is 12.3. The van der Waals surface area contributed by atoms with Crippen molar-refractivity contribution in [3.8, 4) is 5.75 Å². The lowest BCUT2D eigenvalue weighted by molar-refractivity contribution is -0.129. The molecule has 1 atom stereocenters. The number of carbonyl (C=O) groups excluding carboxylic acids is 2. The summed E-state index contributed by atoms with van der Waals surface area (Å²) < 4.78 is 11.0. The summed E-state index contributed by atoms with van der Waals surface area (Å²) in [6.45, 7) is 6.65. The fourth-order valence-corrected chi connectivity index (χ4v) is 2.35. The maximum atomic E-state index is 12.3. The normalized spacial score (nSPS) is 18.3. The Morgan fingerprint density at radius 3 is 2.65 bits per heavy atom. The van der Waals surface area contributed by atoms with Crippen LogP contribution < -0.4 is 10.1 Å². The van der Waals surface area contributed by atoms with Crippen molar-refractivity contribution in [3.63, 3.8) is 0 Å². The zero-order chi connectivity index (χ0) is 16.9. The number of hydrogen-bond donors (Lipinski definition) is 1. The number of hydrogen-bond acceptors (Lipinski definition) is 4. The van der Waals surface area contributed by atoms with Crippen molar-refractivity contribution in [3.05, 3.63) is 30.3 Å². The molecule has 6 nitrogen and oxygen atoms in total. The van der Waals surface area contributed by atoms with Gasteiger partial charge < -0.3 is 14.8 Å². The number of amides is 2. The van der Waals surface area contributed by atoms with Crippen LogP contribution in [0.3, 0.4) is 0 Å². The Balaban J connectivity index is 1.94. The van der Waals surface area contributed by atoms with E-state index in [4.69, 9.17) is 9.47 Å². The average Bonchev–Trinajstić information content (AvgIpc) is 2.48. The second-order valence-electron chi connectivity index (χ2n) is 6.43. The summed E-state index contributed by atoms with van der Waals surface area (Å²) in [5.41, 5.74) is -0.587. The molecule has 1 aliphatic heterocycles. The molecule has 1 N–H and O–H groups in total. The van der Waals surface area contributed by atoms with Gasteiger partial charge >= 0.3 is 6.09 Å². The van der Waals surface area contributed by atoms with Crippen LogP contribution in [0.5, 0.6) is 5.75 Å². The van der Waals surface area contributed by atoms with Crippen LogP contribution >= 0.6 is 0 Å². The molecule has 1 fully saturated rings. The van der Waals surface area contributed by atoms with Gasteiger partial charge in [0.2, 0.25) is 5.91 Å². The minimum Gasteiger partial charge on any atom is -0.494 e. The van der Waals surface area contributed by atoms with Gasteiger partial charge in [0.1, 0.15) is 17.4 Å². The molecular formula is C17H24N2O4. The fraction of sp³-hybridized carbons (Fsp3) is 0.529. The van der Waals surface area contributed by atoms with Gasteiger partial charge in [-0.25, -0.2) is 4.79 Å². The van der Waals surface area contributed by atoms with Gasteiger partial charge in [-0.1, -0.05) is 18.2 Å². The molecular weight excluding hydrogens is 296 g/mol. The first-order valence-electron chi connectivity index (χ1n) is 7.82. The van der Waals surface area contributed by atoms with E-state index < -0.39 is 17.7 Å². The maximum Gasteiger partial charge on any atom is 0.411 e. The quantitative estimate of drug-likeness (QED) is 0.923. The second-order valence-corrected chi connectivity index (χ2v) is 6.43. The number of benzene rings is 1. The van der Waals surface area contributed by atoms with E-state index in [-0.39, 0.29) is 5.91 Å². The van der Waals surface area contributed by atoms with E-state index in [1.165, 1.54) is 4.90 Å².